The van der Waals surface area contributed by atoms with E-state index in [0.29, 0.717) is 46.9 Å². The van der Waals surface area contributed by atoms with Crippen LogP contribution in [0.5, 0.6) is 0 Å². The van der Waals surface area contributed by atoms with Gasteiger partial charge in [-0.25, -0.2) is 19.9 Å². The molecule has 3 aromatic heterocycles. The van der Waals surface area contributed by atoms with Crippen LogP contribution in [0.25, 0.3) is 22.2 Å². The van der Waals surface area contributed by atoms with Gasteiger partial charge >= 0.3 is 6.18 Å². The van der Waals surface area contributed by atoms with Gasteiger partial charge in [0.25, 0.3) is 0 Å². The lowest BCUT2D eigenvalue weighted by Crippen LogP contribution is -2.52. The lowest BCUT2D eigenvalue weighted by molar-refractivity contribution is -0.137. The second-order valence-corrected chi connectivity index (χ2v) is 11.9. The second-order valence-electron chi connectivity index (χ2n) is 11.5. The highest BCUT2D eigenvalue weighted by Gasteiger charge is 2.46. The van der Waals surface area contributed by atoms with Gasteiger partial charge in [-0.15, -0.1) is 0 Å². The number of anilines is 1. The number of aromatic nitrogens is 6. The third-order valence-electron chi connectivity index (χ3n) is 8.45. The summed E-state index contributed by atoms with van der Waals surface area (Å²) in [4.78, 5) is 22.1. The van der Waals surface area contributed by atoms with E-state index in [2.05, 4.69) is 43.7 Å². The van der Waals surface area contributed by atoms with Crippen molar-refractivity contribution in [1.82, 2.24) is 34.4 Å². The van der Waals surface area contributed by atoms with Crippen molar-refractivity contribution < 1.29 is 28.1 Å². The van der Waals surface area contributed by atoms with Crippen LogP contribution in [0.2, 0.25) is 5.02 Å². The maximum Gasteiger partial charge on any atom is 0.417 e. The normalized spacial score (nSPS) is 26.6. The van der Waals surface area contributed by atoms with Crippen molar-refractivity contribution >= 4 is 39.6 Å². The summed E-state index contributed by atoms with van der Waals surface area (Å²) in [5.74, 6) is 1.27. The first-order valence-corrected chi connectivity index (χ1v) is 14.2. The highest BCUT2D eigenvalue weighted by Crippen LogP contribution is 2.39. The van der Waals surface area contributed by atoms with Crippen LogP contribution >= 0.6 is 11.6 Å². The zero-order chi connectivity index (χ0) is 29.9. The van der Waals surface area contributed by atoms with E-state index < -0.39 is 36.3 Å². The number of nitrogens with zero attached hydrogens (tertiary/aromatic N) is 6. The van der Waals surface area contributed by atoms with E-state index in [1.165, 1.54) is 18.7 Å². The zero-order valence-corrected chi connectivity index (χ0v) is 23.7. The fraction of sp³-hybridized carbons (Fsp3) is 0.556. The smallest absolute Gasteiger partial charge is 0.387 e. The first kappa shape index (κ1) is 29.1. The molecule has 2 aliphatic rings. The SMILES string of the molecule is CC(C)N(CC1OC(n2cnc3c(N)ncnc32)[C@@H](O)C1O)C1CC(CCc2nc3cc(Cl)c(C(F)(F)F)cc3[nH]2)C1. The lowest BCUT2D eigenvalue weighted by atomic mass is 9.76. The summed E-state index contributed by atoms with van der Waals surface area (Å²) in [5, 5.41) is 21.4. The van der Waals surface area contributed by atoms with E-state index in [-0.39, 0.29) is 22.9 Å². The Morgan fingerprint density at radius 2 is 1.95 bits per heavy atom. The van der Waals surface area contributed by atoms with E-state index in [0.717, 1.165) is 25.3 Å². The molecule has 15 heteroatoms. The van der Waals surface area contributed by atoms with Gasteiger partial charge < -0.3 is 25.7 Å². The molecule has 5 N–H and O–H groups in total. The van der Waals surface area contributed by atoms with Crippen molar-refractivity contribution in [3.05, 3.63) is 41.2 Å². The number of aliphatic hydroxyl groups is 2. The number of aryl methyl sites for hydroxylation is 1. The molecule has 1 saturated heterocycles. The van der Waals surface area contributed by atoms with Gasteiger partial charge in [0.05, 0.1) is 27.9 Å². The number of H-pyrrole nitrogens is 1. The maximum atomic E-state index is 13.2. The quantitative estimate of drug-likeness (QED) is 0.235. The Labute approximate surface area is 243 Å². The monoisotopic (exact) mass is 608 g/mol. The number of aliphatic hydroxyl groups excluding tert-OH is 2. The number of halogens is 4. The molecular weight excluding hydrogens is 577 g/mol. The fourth-order valence-corrected chi connectivity index (χ4v) is 6.39. The predicted molar refractivity (Wildman–Crippen MR) is 148 cm³/mol. The third-order valence-corrected chi connectivity index (χ3v) is 8.76. The molecule has 4 atom stereocenters. The summed E-state index contributed by atoms with van der Waals surface area (Å²) < 4.78 is 47.3. The summed E-state index contributed by atoms with van der Waals surface area (Å²) in [7, 11) is 0. The molecule has 4 heterocycles. The first-order chi connectivity index (χ1) is 19.9. The van der Waals surface area contributed by atoms with Crippen LogP contribution in [0, 0.1) is 5.92 Å². The number of alkyl halides is 3. The average Bonchev–Trinajstić information content (AvgIpc) is 3.58. The highest BCUT2D eigenvalue weighted by molar-refractivity contribution is 6.32. The molecule has 1 aliphatic heterocycles. The Bertz CT molecular complexity index is 1590. The standard InChI is InChI=1S/C27H32ClF3N8O3/c1-12(2)38(9-19-22(40)23(41)26(42-19)39-11-35-21-24(32)33-10-34-25(21)39)14-5-13(6-14)3-4-20-36-17-7-15(27(29,30)31)16(28)8-18(17)37-20/h7-8,10-14,19,22-23,26,40-41H,3-6,9H2,1-2H3,(H,36,37)(H2,32,33,34)/t13?,14?,19?,22?,23-,26?/m0/s1. The van der Waals surface area contributed by atoms with Crippen molar-refractivity contribution in [3.8, 4) is 0 Å². The zero-order valence-electron chi connectivity index (χ0n) is 23.0. The van der Waals surface area contributed by atoms with Gasteiger partial charge in [0.1, 0.15) is 36.0 Å². The number of nitrogens with two attached hydrogens (primary N) is 1. The topological polar surface area (TPSA) is 151 Å². The summed E-state index contributed by atoms with van der Waals surface area (Å²) in [6, 6.07) is 2.70. The van der Waals surface area contributed by atoms with Crippen LogP contribution in [0.3, 0.4) is 0 Å². The van der Waals surface area contributed by atoms with E-state index in [1.54, 1.807) is 4.57 Å². The highest BCUT2D eigenvalue weighted by atomic mass is 35.5. The van der Waals surface area contributed by atoms with Crippen LogP contribution in [0.15, 0.2) is 24.8 Å². The van der Waals surface area contributed by atoms with Crippen LogP contribution in [-0.2, 0) is 17.3 Å². The number of rotatable bonds is 8. The Morgan fingerprint density at radius 3 is 2.67 bits per heavy atom. The molecule has 3 unspecified atom stereocenters. The molecule has 0 bridgehead atoms. The number of benzene rings is 1. The van der Waals surface area contributed by atoms with Gasteiger partial charge in [-0.05, 0) is 51.2 Å². The van der Waals surface area contributed by atoms with Crippen LogP contribution in [0.1, 0.15) is 50.7 Å². The molecule has 226 valence electrons. The van der Waals surface area contributed by atoms with Crippen LogP contribution in [-0.4, -0.2) is 81.5 Å². The fourth-order valence-electron chi connectivity index (χ4n) is 6.12. The van der Waals surface area contributed by atoms with Crippen molar-refractivity contribution in [2.24, 2.45) is 5.92 Å². The molecule has 42 heavy (non-hydrogen) atoms. The third kappa shape index (κ3) is 5.30. The summed E-state index contributed by atoms with van der Waals surface area (Å²) in [6.07, 6.45) is -2.24. The van der Waals surface area contributed by atoms with Gasteiger partial charge in [0.15, 0.2) is 17.7 Å². The van der Waals surface area contributed by atoms with Crippen molar-refractivity contribution in [2.75, 3.05) is 12.3 Å². The number of imidazole rings is 2. The van der Waals surface area contributed by atoms with Gasteiger partial charge in [-0.1, -0.05) is 11.6 Å². The molecular formula is C27H32ClF3N8O3. The molecule has 2 fully saturated rings. The van der Waals surface area contributed by atoms with Crippen LogP contribution < -0.4 is 5.73 Å². The molecule has 1 aliphatic carbocycles. The number of nitrogen functional groups attached to an aromatic ring is 1. The maximum absolute atomic E-state index is 13.2. The molecule has 0 amide bonds. The number of fused-ring (bicyclic) bond motifs is 2. The predicted octanol–water partition coefficient (Wildman–Crippen LogP) is 3.70. The van der Waals surface area contributed by atoms with Gasteiger partial charge in [-0.3, -0.25) is 9.47 Å². The molecule has 0 spiro atoms. The van der Waals surface area contributed by atoms with Gasteiger partial charge in [-0.2, -0.15) is 13.2 Å². The Balaban J connectivity index is 1.06. The number of aromatic amines is 1. The molecule has 11 nitrogen and oxygen atoms in total. The molecule has 4 aromatic rings. The van der Waals surface area contributed by atoms with Gasteiger partial charge in [0, 0.05) is 25.0 Å². The van der Waals surface area contributed by atoms with Crippen molar-refractivity contribution in [3.63, 3.8) is 0 Å². The first-order valence-electron chi connectivity index (χ1n) is 13.9. The molecule has 1 aromatic carbocycles. The summed E-state index contributed by atoms with van der Waals surface area (Å²) in [6.45, 7) is 4.60. The average molecular weight is 609 g/mol. The van der Waals surface area contributed by atoms with Crippen molar-refractivity contribution in [1.29, 1.82) is 0 Å². The minimum atomic E-state index is -4.53. The van der Waals surface area contributed by atoms with Crippen LogP contribution in [0.4, 0.5) is 19.0 Å². The minimum Gasteiger partial charge on any atom is -0.387 e. The summed E-state index contributed by atoms with van der Waals surface area (Å²) in [5.41, 5.74) is 6.54. The number of nitrogens with one attached hydrogen (secondary N) is 1. The number of hydrogen-bond donors (Lipinski definition) is 4. The summed E-state index contributed by atoms with van der Waals surface area (Å²) >= 11 is 5.84. The van der Waals surface area contributed by atoms with Crippen molar-refractivity contribution in [2.45, 2.75) is 82.3 Å². The van der Waals surface area contributed by atoms with E-state index >= 15 is 0 Å². The van der Waals surface area contributed by atoms with Gasteiger partial charge in [0.2, 0.25) is 0 Å². The number of hydrogen-bond acceptors (Lipinski definition) is 9. The minimum absolute atomic E-state index is 0.174. The van der Waals surface area contributed by atoms with E-state index in [1.807, 2.05) is 0 Å². The second kappa shape index (κ2) is 10.9. The molecule has 6 rings (SSSR count). The molecule has 0 radical (unpaired) electrons. The Hall–Kier alpha value is -3.04. The van der Waals surface area contributed by atoms with E-state index in [4.69, 9.17) is 22.1 Å². The number of ether oxygens (including phenoxy) is 1. The Kier molecular flexibility index (Phi) is 7.54. The van der Waals surface area contributed by atoms with E-state index in [9.17, 15) is 23.4 Å². The molecule has 1 saturated carbocycles. The Morgan fingerprint density at radius 1 is 1.19 bits per heavy atom. The largest absolute Gasteiger partial charge is 0.417 e. The lowest BCUT2D eigenvalue weighted by Gasteiger charge is -2.46.